The summed E-state index contributed by atoms with van der Waals surface area (Å²) < 4.78 is 28.9. The topological polar surface area (TPSA) is 104 Å². The second-order valence-electron chi connectivity index (χ2n) is 3.60. The first-order chi connectivity index (χ1) is 8.29. The highest BCUT2D eigenvalue weighted by Gasteiger charge is 2.28. The molecule has 0 aliphatic rings. The lowest BCUT2D eigenvalue weighted by molar-refractivity contribution is 0.0532. The van der Waals surface area contributed by atoms with E-state index in [1.165, 1.54) is 14.0 Å². The van der Waals surface area contributed by atoms with Crippen LogP contribution in [0.4, 0.5) is 0 Å². The van der Waals surface area contributed by atoms with Crippen molar-refractivity contribution in [3.63, 3.8) is 0 Å². The molecule has 7 nitrogen and oxygen atoms in total. The Balaban J connectivity index is 3.20. The van der Waals surface area contributed by atoms with E-state index in [9.17, 15) is 13.2 Å². The van der Waals surface area contributed by atoms with E-state index in [2.05, 4.69) is 5.10 Å². The molecule has 0 aromatic carbocycles. The molecule has 1 aromatic heterocycles. The number of nitrogens with zero attached hydrogens (tertiary/aromatic N) is 2. The van der Waals surface area contributed by atoms with Crippen molar-refractivity contribution >= 4 is 16.0 Å². The van der Waals surface area contributed by atoms with Gasteiger partial charge in [0.25, 0.3) is 0 Å². The summed E-state index contributed by atoms with van der Waals surface area (Å²) in [5.74, 6) is -0.778. The molecule has 0 fully saturated rings. The second-order valence-corrected chi connectivity index (χ2v) is 5.10. The molecular weight excluding hydrogens is 258 g/mol. The third-order valence-electron chi connectivity index (χ3n) is 2.19. The SMILES string of the molecule is C/C=C/COC(=O)c1c(S(N)(=O)=O)c(C)nn1C. The van der Waals surface area contributed by atoms with E-state index in [4.69, 9.17) is 9.88 Å². The van der Waals surface area contributed by atoms with Crippen LogP contribution in [0.1, 0.15) is 23.1 Å². The number of carbonyl (C=O) groups is 1. The summed E-state index contributed by atoms with van der Waals surface area (Å²) in [7, 11) is -2.57. The third-order valence-corrected chi connectivity index (χ3v) is 3.25. The monoisotopic (exact) mass is 273 g/mol. The van der Waals surface area contributed by atoms with Gasteiger partial charge in [-0.2, -0.15) is 5.10 Å². The van der Waals surface area contributed by atoms with Crippen molar-refractivity contribution in [3.05, 3.63) is 23.5 Å². The fourth-order valence-corrected chi connectivity index (χ4v) is 2.43. The molecule has 1 heterocycles. The zero-order valence-corrected chi connectivity index (χ0v) is 11.2. The molecule has 8 heteroatoms. The molecule has 18 heavy (non-hydrogen) atoms. The number of esters is 1. The number of primary sulfonamides is 1. The average molecular weight is 273 g/mol. The Kier molecular flexibility index (Phi) is 4.25. The van der Waals surface area contributed by atoms with E-state index in [1.54, 1.807) is 19.1 Å². The quantitative estimate of drug-likeness (QED) is 0.619. The van der Waals surface area contributed by atoms with Gasteiger partial charge < -0.3 is 4.74 Å². The maximum atomic E-state index is 11.8. The van der Waals surface area contributed by atoms with Gasteiger partial charge in [0.1, 0.15) is 11.5 Å². The van der Waals surface area contributed by atoms with Crippen LogP contribution in [0.25, 0.3) is 0 Å². The molecule has 2 N–H and O–H groups in total. The molecule has 0 saturated carbocycles. The molecule has 0 saturated heterocycles. The van der Waals surface area contributed by atoms with Crippen LogP contribution in [0, 0.1) is 6.92 Å². The first-order valence-corrected chi connectivity index (χ1v) is 6.68. The first-order valence-electron chi connectivity index (χ1n) is 5.13. The van der Waals surface area contributed by atoms with E-state index in [1.807, 2.05) is 0 Å². The first kappa shape index (κ1) is 14.4. The van der Waals surface area contributed by atoms with Gasteiger partial charge >= 0.3 is 5.97 Å². The van der Waals surface area contributed by atoms with Crippen molar-refractivity contribution in [2.24, 2.45) is 12.2 Å². The Bertz CT molecular complexity index is 587. The van der Waals surface area contributed by atoms with E-state index in [0.29, 0.717) is 0 Å². The minimum absolute atomic E-state index is 0.0591. The fraction of sp³-hybridized carbons (Fsp3) is 0.400. The van der Waals surface area contributed by atoms with Gasteiger partial charge in [-0.05, 0) is 13.8 Å². The summed E-state index contributed by atoms with van der Waals surface area (Å²) in [6.45, 7) is 3.30. The molecule has 1 rings (SSSR count). The Morgan fingerprint density at radius 1 is 1.56 bits per heavy atom. The van der Waals surface area contributed by atoms with E-state index >= 15 is 0 Å². The Hall–Kier alpha value is -1.67. The Morgan fingerprint density at radius 2 is 2.17 bits per heavy atom. The highest BCUT2D eigenvalue weighted by Crippen LogP contribution is 2.18. The van der Waals surface area contributed by atoms with Crippen molar-refractivity contribution in [1.29, 1.82) is 0 Å². The van der Waals surface area contributed by atoms with Crippen LogP contribution in [-0.2, 0) is 21.8 Å². The number of rotatable bonds is 4. The van der Waals surface area contributed by atoms with E-state index < -0.39 is 16.0 Å². The summed E-state index contributed by atoms with van der Waals surface area (Å²) in [4.78, 5) is 11.5. The van der Waals surface area contributed by atoms with Gasteiger partial charge in [-0.25, -0.2) is 18.4 Å². The van der Waals surface area contributed by atoms with Gasteiger partial charge in [0.2, 0.25) is 10.0 Å². The maximum absolute atomic E-state index is 11.8. The van der Waals surface area contributed by atoms with E-state index in [-0.39, 0.29) is 22.9 Å². The molecule has 0 atom stereocenters. The molecule has 100 valence electrons. The van der Waals surface area contributed by atoms with Gasteiger partial charge in [0, 0.05) is 7.05 Å². The zero-order chi connectivity index (χ0) is 13.9. The van der Waals surface area contributed by atoms with E-state index in [0.717, 1.165) is 4.68 Å². The molecular formula is C10H15N3O4S. The van der Waals surface area contributed by atoms with Gasteiger partial charge in [-0.15, -0.1) is 0 Å². The molecule has 0 amide bonds. The number of nitrogens with two attached hydrogens (primary N) is 1. The maximum Gasteiger partial charge on any atom is 0.358 e. The summed E-state index contributed by atoms with van der Waals surface area (Å²) >= 11 is 0. The number of hydrogen-bond donors (Lipinski definition) is 1. The predicted molar refractivity (Wildman–Crippen MR) is 64.4 cm³/mol. The van der Waals surface area contributed by atoms with Crippen LogP contribution < -0.4 is 5.14 Å². The standard InChI is InChI=1S/C10H15N3O4S/c1-4-5-6-17-10(14)8-9(18(11,15)16)7(2)12-13(8)3/h4-5H,6H2,1-3H3,(H2,11,15,16)/b5-4+. The van der Waals surface area contributed by atoms with Crippen LogP contribution in [0.3, 0.4) is 0 Å². The number of carbonyl (C=O) groups excluding carboxylic acids is 1. The lowest BCUT2D eigenvalue weighted by atomic mass is 10.3. The lowest BCUT2D eigenvalue weighted by Crippen LogP contribution is -2.19. The third kappa shape index (κ3) is 2.96. The number of ether oxygens (including phenoxy) is 1. The molecule has 1 aromatic rings. The van der Waals surface area contributed by atoms with Gasteiger partial charge in [0.15, 0.2) is 5.69 Å². The number of hydrogen-bond acceptors (Lipinski definition) is 5. The van der Waals surface area contributed by atoms with Crippen molar-refractivity contribution < 1.29 is 17.9 Å². The number of allylic oxidation sites excluding steroid dienone is 1. The normalized spacial score (nSPS) is 12.0. The van der Waals surface area contributed by atoms with Gasteiger partial charge in [0.05, 0.1) is 5.69 Å². The highest BCUT2D eigenvalue weighted by atomic mass is 32.2. The molecule has 0 spiro atoms. The zero-order valence-electron chi connectivity index (χ0n) is 10.4. The van der Waals surface area contributed by atoms with Crippen LogP contribution in [-0.4, -0.2) is 30.8 Å². The Labute approximate surface area is 105 Å². The van der Waals surface area contributed by atoms with Crippen LogP contribution in [0.15, 0.2) is 17.0 Å². The van der Waals surface area contributed by atoms with Crippen LogP contribution in [0.2, 0.25) is 0 Å². The highest BCUT2D eigenvalue weighted by molar-refractivity contribution is 7.89. The molecule has 0 unspecified atom stereocenters. The van der Waals surface area contributed by atoms with Crippen molar-refractivity contribution in [2.45, 2.75) is 18.7 Å². The predicted octanol–water partition coefficient (Wildman–Crippen LogP) is 0.109. The number of aromatic nitrogens is 2. The largest absolute Gasteiger partial charge is 0.457 e. The minimum atomic E-state index is -4.02. The summed E-state index contributed by atoms with van der Waals surface area (Å²) in [6, 6.07) is 0. The summed E-state index contributed by atoms with van der Waals surface area (Å²) in [6.07, 6.45) is 3.33. The number of aryl methyl sites for hydroxylation is 2. The van der Waals surface area contributed by atoms with Crippen LogP contribution >= 0.6 is 0 Å². The molecule has 0 radical (unpaired) electrons. The summed E-state index contributed by atoms with van der Waals surface area (Å²) in [5.41, 5.74) is -0.00233. The smallest absolute Gasteiger partial charge is 0.358 e. The van der Waals surface area contributed by atoms with Gasteiger partial charge in [-0.1, -0.05) is 12.2 Å². The van der Waals surface area contributed by atoms with Crippen molar-refractivity contribution in [2.75, 3.05) is 6.61 Å². The molecule has 0 bridgehead atoms. The van der Waals surface area contributed by atoms with Crippen molar-refractivity contribution in [1.82, 2.24) is 9.78 Å². The fourth-order valence-electron chi connectivity index (χ4n) is 1.49. The molecule has 0 aliphatic carbocycles. The lowest BCUT2D eigenvalue weighted by Gasteiger charge is -2.04. The van der Waals surface area contributed by atoms with Gasteiger partial charge in [-0.3, -0.25) is 4.68 Å². The Morgan fingerprint density at radius 3 is 2.67 bits per heavy atom. The second kappa shape index (κ2) is 5.32. The number of sulfonamides is 1. The summed E-state index contributed by atoms with van der Waals surface area (Å²) in [5, 5.41) is 8.93. The average Bonchev–Trinajstić information content (AvgIpc) is 2.53. The van der Waals surface area contributed by atoms with Crippen LogP contribution in [0.5, 0.6) is 0 Å². The minimum Gasteiger partial charge on any atom is -0.457 e. The molecule has 0 aliphatic heterocycles. The van der Waals surface area contributed by atoms with Crippen molar-refractivity contribution in [3.8, 4) is 0 Å².